The number of anilines is 1. The molecular formula is C14H17BrN2O3. The van der Waals surface area contributed by atoms with E-state index < -0.39 is 11.4 Å². The minimum absolute atomic E-state index is 0.170. The van der Waals surface area contributed by atoms with Gasteiger partial charge in [0.15, 0.2) is 0 Å². The molecule has 0 saturated heterocycles. The van der Waals surface area contributed by atoms with Crippen LogP contribution >= 0.6 is 15.9 Å². The first kappa shape index (κ1) is 14.8. The van der Waals surface area contributed by atoms with Crippen molar-refractivity contribution in [2.75, 3.05) is 11.9 Å². The van der Waals surface area contributed by atoms with Gasteiger partial charge in [-0.25, -0.2) is 4.79 Å². The molecule has 2 amide bonds. The molecule has 6 heteroatoms. The Hall–Kier alpha value is -1.56. The van der Waals surface area contributed by atoms with Crippen LogP contribution < -0.4 is 10.6 Å². The average Bonchev–Trinajstić information content (AvgIpc) is 2.32. The molecule has 1 fully saturated rings. The van der Waals surface area contributed by atoms with E-state index in [0.29, 0.717) is 18.5 Å². The Morgan fingerprint density at radius 1 is 1.40 bits per heavy atom. The highest BCUT2D eigenvalue weighted by Crippen LogP contribution is 2.40. The molecule has 0 bridgehead atoms. The number of amides is 2. The van der Waals surface area contributed by atoms with E-state index in [4.69, 9.17) is 0 Å². The summed E-state index contributed by atoms with van der Waals surface area (Å²) in [4.78, 5) is 23.0. The number of carboxylic acids is 1. The summed E-state index contributed by atoms with van der Waals surface area (Å²) in [5.41, 5.74) is 0.928. The van der Waals surface area contributed by atoms with Crippen LogP contribution in [0.25, 0.3) is 0 Å². The average molecular weight is 341 g/mol. The summed E-state index contributed by atoms with van der Waals surface area (Å²) in [7, 11) is 0. The molecule has 1 saturated carbocycles. The molecule has 1 aromatic carbocycles. The molecule has 5 nitrogen and oxygen atoms in total. The van der Waals surface area contributed by atoms with Crippen molar-refractivity contribution < 1.29 is 14.7 Å². The topological polar surface area (TPSA) is 78.4 Å². The smallest absolute Gasteiger partial charge is 0.319 e. The molecule has 20 heavy (non-hydrogen) atoms. The molecule has 2 rings (SSSR count). The van der Waals surface area contributed by atoms with Crippen LogP contribution in [0.15, 0.2) is 22.7 Å². The fraction of sp³-hybridized carbons (Fsp3) is 0.429. The van der Waals surface area contributed by atoms with Gasteiger partial charge in [0.25, 0.3) is 0 Å². The van der Waals surface area contributed by atoms with Gasteiger partial charge in [0.2, 0.25) is 0 Å². The van der Waals surface area contributed by atoms with Gasteiger partial charge in [-0.3, -0.25) is 4.79 Å². The van der Waals surface area contributed by atoms with Gasteiger partial charge < -0.3 is 15.7 Å². The van der Waals surface area contributed by atoms with Gasteiger partial charge in [0, 0.05) is 16.7 Å². The molecule has 0 atom stereocenters. The number of urea groups is 1. The van der Waals surface area contributed by atoms with Crippen LogP contribution in [-0.2, 0) is 4.79 Å². The van der Waals surface area contributed by atoms with Gasteiger partial charge in [-0.1, -0.05) is 22.4 Å². The van der Waals surface area contributed by atoms with Crippen LogP contribution in [0.3, 0.4) is 0 Å². The maximum atomic E-state index is 11.8. The van der Waals surface area contributed by atoms with Crippen LogP contribution in [0.1, 0.15) is 24.8 Å². The summed E-state index contributed by atoms with van der Waals surface area (Å²) < 4.78 is 0.975. The van der Waals surface area contributed by atoms with Crippen molar-refractivity contribution in [2.24, 2.45) is 5.41 Å². The highest BCUT2D eigenvalue weighted by Gasteiger charge is 2.44. The first-order chi connectivity index (χ1) is 9.43. The molecular weight excluding hydrogens is 324 g/mol. The van der Waals surface area contributed by atoms with E-state index in [0.717, 1.165) is 16.5 Å². The largest absolute Gasteiger partial charge is 0.481 e. The van der Waals surface area contributed by atoms with Gasteiger partial charge in [0.1, 0.15) is 0 Å². The lowest BCUT2D eigenvalue weighted by Crippen LogP contribution is -2.48. The van der Waals surface area contributed by atoms with Crippen LogP contribution in [0, 0.1) is 12.3 Å². The molecule has 0 unspecified atom stereocenters. The monoisotopic (exact) mass is 340 g/mol. The number of carboxylic acid groups (broad SMARTS) is 1. The second-order valence-corrected chi connectivity index (χ2v) is 6.07. The van der Waals surface area contributed by atoms with Gasteiger partial charge in [-0.2, -0.15) is 0 Å². The minimum Gasteiger partial charge on any atom is -0.481 e. The van der Waals surface area contributed by atoms with Crippen LogP contribution in [0.2, 0.25) is 0 Å². The number of aryl methyl sites for hydroxylation is 1. The fourth-order valence-electron chi connectivity index (χ4n) is 2.22. The van der Waals surface area contributed by atoms with E-state index in [2.05, 4.69) is 26.6 Å². The third-order valence-electron chi connectivity index (χ3n) is 3.77. The Balaban J connectivity index is 1.89. The number of hydrogen-bond acceptors (Lipinski definition) is 2. The Bertz CT molecular complexity index is 541. The van der Waals surface area contributed by atoms with Crippen molar-refractivity contribution in [2.45, 2.75) is 26.2 Å². The predicted octanol–water partition coefficient (Wildman–Crippen LogP) is 3.13. The first-order valence-electron chi connectivity index (χ1n) is 6.47. The second-order valence-electron chi connectivity index (χ2n) is 5.21. The lowest BCUT2D eigenvalue weighted by molar-refractivity contribution is -0.153. The fourth-order valence-corrected chi connectivity index (χ4v) is 2.46. The lowest BCUT2D eigenvalue weighted by atomic mass is 9.69. The maximum Gasteiger partial charge on any atom is 0.319 e. The third-order valence-corrected chi connectivity index (χ3v) is 4.66. The Morgan fingerprint density at radius 2 is 2.10 bits per heavy atom. The zero-order chi connectivity index (χ0) is 14.8. The van der Waals surface area contributed by atoms with E-state index in [-0.39, 0.29) is 12.6 Å². The first-order valence-corrected chi connectivity index (χ1v) is 7.27. The van der Waals surface area contributed by atoms with Crippen molar-refractivity contribution in [1.29, 1.82) is 0 Å². The summed E-state index contributed by atoms with van der Waals surface area (Å²) in [5.74, 6) is -0.830. The number of carbonyl (C=O) groups is 2. The number of benzene rings is 1. The summed E-state index contributed by atoms with van der Waals surface area (Å²) in [6, 6.07) is 5.11. The number of aliphatic carboxylic acids is 1. The molecule has 0 spiro atoms. The normalized spacial score (nSPS) is 16.1. The molecule has 3 N–H and O–H groups in total. The molecule has 0 heterocycles. The van der Waals surface area contributed by atoms with Gasteiger partial charge in [0.05, 0.1) is 5.41 Å². The summed E-state index contributed by atoms with van der Waals surface area (Å²) in [5, 5.41) is 14.5. The summed E-state index contributed by atoms with van der Waals surface area (Å²) >= 11 is 3.39. The van der Waals surface area contributed by atoms with Gasteiger partial charge in [-0.05, 0) is 43.5 Å². The van der Waals surface area contributed by atoms with Gasteiger partial charge in [-0.15, -0.1) is 0 Å². The summed E-state index contributed by atoms with van der Waals surface area (Å²) in [6.45, 7) is 2.10. The zero-order valence-electron chi connectivity index (χ0n) is 11.2. The minimum atomic E-state index is -0.830. The quantitative estimate of drug-likeness (QED) is 0.787. The van der Waals surface area contributed by atoms with Crippen LogP contribution in [-0.4, -0.2) is 23.7 Å². The third kappa shape index (κ3) is 3.12. The van der Waals surface area contributed by atoms with E-state index in [1.807, 2.05) is 19.1 Å². The highest BCUT2D eigenvalue weighted by molar-refractivity contribution is 9.10. The van der Waals surface area contributed by atoms with Gasteiger partial charge >= 0.3 is 12.0 Å². The molecule has 1 aliphatic carbocycles. The van der Waals surface area contributed by atoms with Crippen LogP contribution in [0.4, 0.5) is 10.5 Å². The number of rotatable bonds is 4. The number of halogens is 1. The SMILES string of the molecule is Cc1cc(NC(=O)NCC2(C(=O)O)CCC2)ccc1Br. The zero-order valence-corrected chi connectivity index (χ0v) is 12.8. The Labute approximate surface area is 125 Å². The lowest BCUT2D eigenvalue weighted by Gasteiger charge is -2.37. The van der Waals surface area contributed by atoms with E-state index in [1.165, 1.54) is 0 Å². The van der Waals surface area contributed by atoms with E-state index in [1.54, 1.807) is 6.07 Å². The van der Waals surface area contributed by atoms with E-state index >= 15 is 0 Å². The molecule has 0 radical (unpaired) electrons. The molecule has 0 aliphatic heterocycles. The summed E-state index contributed by atoms with van der Waals surface area (Å²) in [6.07, 6.45) is 2.15. The highest BCUT2D eigenvalue weighted by atomic mass is 79.9. The molecule has 0 aromatic heterocycles. The number of nitrogens with one attached hydrogen (secondary N) is 2. The number of hydrogen-bond donors (Lipinski definition) is 3. The van der Waals surface area contributed by atoms with E-state index in [9.17, 15) is 14.7 Å². The molecule has 1 aromatic rings. The standard InChI is InChI=1S/C14H17BrN2O3/c1-9-7-10(3-4-11(9)15)17-13(20)16-8-14(12(18)19)5-2-6-14/h3-4,7H,2,5-6,8H2,1H3,(H,18,19)(H2,16,17,20). The second kappa shape index (κ2) is 5.83. The molecule has 1 aliphatic rings. The van der Waals surface area contributed by atoms with Crippen molar-refractivity contribution >= 4 is 33.6 Å². The van der Waals surface area contributed by atoms with Crippen molar-refractivity contribution in [1.82, 2.24) is 5.32 Å². The predicted molar refractivity (Wildman–Crippen MR) is 79.8 cm³/mol. The number of carbonyl (C=O) groups excluding carboxylic acids is 1. The maximum absolute atomic E-state index is 11.8. The van der Waals surface area contributed by atoms with Crippen LogP contribution in [0.5, 0.6) is 0 Å². The Morgan fingerprint density at radius 3 is 2.60 bits per heavy atom. The van der Waals surface area contributed by atoms with Crippen molar-refractivity contribution in [3.8, 4) is 0 Å². The Kier molecular flexibility index (Phi) is 4.32. The van der Waals surface area contributed by atoms with Crippen molar-refractivity contribution in [3.63, 3.8) is 0 Å². The van der Waals surface area contributed by atoms with Crippen molar-refractivity contribution in [3.05, 3.63) is 28.2 Å². The molecule has 108 valence electrons.